The highest BCUT2D eigenvalue weighted by molar-refractivity contribution is 7.13. The molecule has 2 aromatic rings. The number of rotatable bonds is 4. The number of nitrogen functional groups attached to an aromatic ring is 1. The molecule has 2 aromatic heterocycles. The Labute approximate surface area is 144 Å². The van der Waals surface area contributed by atoms with Crippen LogP contribution in [0.5, 0.6) is 0 Å². The molecule has 0 aromatic carbocycles. The summed E-state index contributed by atoms with van der Waals surface area (Å²) < 4.78 is 0. The van der Waals surface area contributed by atoms with Crippen LogP contribution in [-0.2, 0) is 0 Å². The lowest BCUT2D eigenvalue weighted by atomic mass is 9.92. The van der Waals surface area contributed by atoms with Gasteiger partial charge in [0.1, 0.15) is 16.0 Å². The summed E-state index contributed by atoms with van der Waals surface area (Å²) in [5.41, 5.74) is 6.45. The molecule has 2 heterocycles. The lowest BCUT2D eigenvalue weighted by Gasteiger charge is -2.21. The number of nitrogens with zero attached hydrogens (tertiary/aromatic N) is 3. The number of aliphatic hydroxyl groups is 1. The molecule has 0 aliphatic heterocycles. The van der Waals surface area contributed by atoms with Crippen LogP contribution >= 0.6 is 22.9 Å². The molecule has 124 valence electrons. The smallest absolute Gasteiger partial charge is 0.223 e. The van der Waals surface area contributed by atoms with Crippen molar-refractivity contribution < 1.29 is 5.11 Å². The van der Waals surface area contributed by atoms with Gasteiger partial charge in [0, 0.05) is 24.2 Å². The minimum atomic E-state index is 0.134. The molecule has 4 atom stereocenters. The van der Waals surface area contributed by atoms with Gasteiger partial charge in [-0.3, -0.25) is 0 Å². The zero-order chi connectivity index (χ0) is 16.6. The molecular formula is C15H20ClN5OS. The van der Waals surface area contributed by atoms with Gasteiger partial charge in [-0.25, -0.2) is 9.97 Å². The van der Waals surface area contributed by atoms with Gasteiger partial charge in [-0.05, 0) is 24.2 Å². The van der Waals surface area contributed by atoms with Gasteiger partial charge in [-0.15, -0.1) is 11.3 Å². The van der Waals surface area contributed by atoms with E-state index in [1.165, 1.54) is 11.3 Å². The fourth-order valence-electron chi connectivity index (χ4n) is 3.25. The molecule has 3 rings (SSSR count). The highest BCUT2D eigenvalue weighted by atomic mass is 35.5. The summed E-state index contributed by atoms with van der Waals surface area (Å²) in [6.45, 7) is 4.57. The Hall–Kier alpha value is -1.44. The topological polar surface area (TPSA) is 97.0 Å². The third kappa shape index (κ3) is 3.13. The number of hydrogen-bond donors (Lipinski definition) is 3. The minimum absolute atomic E-state index is 0.134. The highest BCUT2D eigenvalue weighted by Gasteiger charge is 2.38. The van der Waals surface area contributed by atoms with E-state index < -0.39 is 0 Å². The van der Waals surface area contributed by atoms with Crippen molar-refractivity contribution in [2.75, 3.05) is 17.7 Å². The molecule has 1 fully saturated rings. The number of anilines is 2. The fraction of sp³-hybridized carbons (Fsp3) is 0.533. The first-order valence-corrected chi connectivity index (χ1v) is 8.87. The van der Waals surface area contributed by atoms with Crippen LogP contribution in [0, 0.1) is 17.8 Å². The van der Waals surface area contributed by atoms with Crippen molar-refractivity contribution in [3.05, 3.63) is 16.7 Å². The first kappa shape index (κ1) is 16.4. The van der Waals surface area contributed by atoms with Gasteiger partial charge in [-0.1, -0.05) is 25.4 Å². The molecule has 6 nitrogen and oxygen atoms in total. The molecular weight excluding hydrogens is 334 g/mol. The normalized spacial score (nSPS) is 27.3. The van der Waals surface area contributed by atoms with E-state index in [1.807, 2.05) is 5.38 Å². The maximum absolute atomic E-state index is 9.53. The monoisotopic (exact) mass is 353 g/mol. The molecule has 0 unspecified atom stereocenters. The first-order chi connectivity index (χ1) is 11.0. The van der Waals surface area contributed by atoms with E-state index in [4.69, 9.17) is 17.3 Å². The van der Waals surface area contributed by atoms with E-state index >= 15 is 0 Å². The summed E-state index contributed by atoms with van der Waals surface area (Å²) in [6, 6.07) is 0.200. The Balaban J connectivity index is 1.94. The standard InChI is InChI=1S/C15H20ClN5OS/c1-7-8(2)10(5-9(7)6-22)19-13-11(14-18-3-4-23-14)12(16)20-15(17)21-13/h3-4,7-10,22H,5-6H2,1-2H3,(H3,17,19,20,21)/t7-,8+,9+,10+/m0/s1. The van der Waals surface area contributed by atoms with Crippen molar-refractivity contribution in [3.8, 4) is 10.6 Å². The quantitative estimate of drug-likeness (QED) is 0.731. The maximum Gasteiger partial charge on any atom is 0.223 e. The second kappa shape index (κ2) is 6.59. The van der Waals surface area contributed by atoms with Crippen LogP contribution in [0.1, 0.15) is 20.3 Å². The predicted octanol–water partition coefficient (Wildman–Crippen LogP) is 2.90. The lowest BCUT2D eigenvalue weighted by Crippen LogP contribution is -2.25. The van der Waals surface area contributed by atoms with Crippen LogP contribution in [0.3, 0.4) is 0 Å². The van der Waals surface area contributed by atoms with E-state index in [2.05, 4.69) is 34.1 Å². The average Bonchev–Trinajstić information content (AvgIpc) is 3.11. The Bertz CT molecular complexity index is 681. The lowest BCUT2D eigenvalue weighted by molar-refractivity contribution is 0.191. The number of aromatic nitrogens is 3. The van der Waals surface area contributed by atoms with Crippen molar-refractivity contribution in [1.29, 1.82) is 0 Å². The van der Waals surface area contributed by atoms with Gasteiger partial charge in [0.05, 0.1) is 5.56 Å². The number of hydrogen-bond acceptors (Lipinski definition) is 7. The Morgan fingerprint density at radius 2 is 2.17 bits per heavy atom. The van der Waals surface area contributed by atoms with Crippen LogP contribution in [0.2, 0.25) is 5.15 Å². The van der Waals surface area contributed by atoms with Crippen LogP contribution < -0.4 is 11.1 Å². The second-order valence-corrected chi connectivity index (χ2v) is 7.33. The third-order valence-corrected chi connectivity index (χ3v) is 5.91. The van der Waals surface area contributed by atoms with Gasteiger partial charge in [0.2, 0.25) is 5.95 Å². The fourth-order valence-corrected chi connectivity index (χ4v) is 4.25. The van der Waals surface area contributed by atoms with Gasteiger partial charge in [-0.2, -0.15) is 4.98 Å². The summed E-state index contributed by atoms with van der Waals surface area (Å²) >= 11 is 7.77. The van der Waals surface area contributed by atoms with Crippen molar-refractivity contribution in [2.24, 2.45) is 17.8 Å². The summed E-state index contributed by atoms with van der Waals surface area (Å²) in [7, 11) is 0. The van der Waals surface area contributed by atoms with E-state index in [0.29, 0.717) is 34.3 Å². The summed E-state index contributed by atoms with van der Waals surface area (Å²) in [5, 5.41) is 15.9. The van der Waals surface area contributed by atoms with Crippen molar-refractivity contribution >= 4 is 34.7 Å². The molecule has 1 aliphatic rings. The van der Waals surface area contributed by atoms with E-state index in [1.54, 1.807) is 6.20 Å². The van der Waals surface area contributed by atoms with E-state index in [9.17, 15) is 5.11 Å². The van der Waals surface area contributed by atoms with Gasteiger partial charge in [0.15, 0.2) is 0 Å². The van der Waals surface area contributed by atoms with Gasteiger partial charge < -0.3 is 16.2 Å². The molecule has 0 saturated heterocycles. The van der Waals surface area contributed by atoms with Crippen molar-refractivity contribution in [2.45, 2.75) is 26.3 Å². The number of nitrogens with two attached hydrogens (primary N) is 1. The largest absolute Gasteiger partial charge is 0.396 e. The van der Waals surface area contributed by atoms with Crippen molar-refractivity contribution in [3.63, 3.8) is 0 Å². The van der Waals surface area contributed by atoms with Gasteiger partial charge >= 0.3 is 0 Å². The molecule has 8 heteroatoms. The third-order valence-electron chi connectivity index (χ3n) is 4.85. The Kier molecular flexibility index (Phi) is 4.70. The SMILES string of the molecule is C[C@@H]1[C@@H](CO)C[C@@H](Nc2nc(N)nc(Cl)c2-c2nccs2)[C@@H]1C. The van der Waals surface area contributed by atoms with Crippen molar-refractivity contribution in [1.82, 2.24) is 15.0 Å². The highest BCUT2D eigenvalue weighted by Crippen LogP contribution is 2.40. The van der Waals surface area contributed by atoms with Crippen LogP contribution in [0.4, 0.5) is 11.8 Å². The summed E-state index contributed by atoms with van der Waals surface area (Å²) in [6.07, 6.45) is 2.61. The number of nitrogens with one attached hydrogen (secondary N) is 1. The number of halogens is 1. The first-order valence-electron chi connectivity index (χ1n) is 7.61. The zero-order valence-electron chi connectivity index (χ0n) is 13.0. The number of aliphatic hydroxyl groups excluding tert-OH is 1. The zero-order valence-corrected chi connectivity index (χ0v) is 14.6. The number of thiazole rings is 1. The molecule has 1 saturated carbocycles. The minimum Gasteiger partial charge on any atom is -0.396 e. The maximum atomic E-state index is 9.53. The Morgan fingerprint density at radius 1 is 1.39 bits per heavy atom. The summed E-state index contributed by atoms with van der Waals surface area (Å²) in [4.78, 5) is 12.7. The molecule has 0 amide bonds. The van der Waals surface area contributed by atoms with Gasteiger partial charge in [0.25, 0.3) is 0 Å². The molecule has 0 spiro atoms. The molecule has 23 heavy (non-hydrogen) atoms. The molecule has 1 aliphatic carbocycles. The molecule has 4 N–H and O–H groups in total. The van der Waals surface area contributed by atoms with Crippen LogP contribution in [0.25, 0.3) is 10.6 Å². The summed E-state index contributed by atoms with van der Waals surface area (Å²) in [5.74, 6) is 1.89. The van der Waals surface area contributed by atoms with E-state index in [0.717, 1.165) is 11.4 Å². The van der Waals surface area contributed by atoms with Crippen LogP contribution in [0.15, 0.2) is 11.6 Å². The predicted molar refractivity (Wildman–Crippen MR) is 93.5 cm³/mol. The molecule has 0 radical (unpaired) electrons. The average molecular weight is 354 g/mol. The van der Waals surface area contributed by atoms with Crippen LogP contribution in [-0.4, -0.2) is 32.7 Å². The molecule has 0 bridgehead atoms. The Morgan fingerprint density at radius 3 is 2.78 bits per heavy atom. The second-order valence-electron chi connectivity index (χ2n) is 6.08. The van der Waals surface area contributed by atoms with E-state index in [-0.39, 0.29) is 18.6 Å².